The largest absolute Gasteiger partial charge is 0.493 e. The summed E-state index contributed by atoms with van der Waals surface area (Å²) in [5, 5.41) is 11.6. The zero-order chi connectivity index (χ0) is 23.5. The number of ether oxygens (including phenoxy) is 2. The SMILES string of the molecule is COc1cccc(/C=C2/CCc3c2oc2cc(NC(=O)/C=C/C(=O)O)ccc2c3=O)c1OC. The molecule has 33 heavy (non-hydrogen) atoms. The first-order chi connectivity index (χ1) is 15.9. The highest BCUT2D eigenvalue weighted by atomic mass is 16.5. The lowest BCUT2D eigenvalue weighted by atomic mass is 10.1. The van der Waals surface area contributed by atoms with Gasteiger partial charge in [-0.3, -0.25) is 9.59 Å². The van der Waals surface area contributed by atoms with Gasteiger partial charge in [-0.15, -0.1) is 0 Å². The fourth-order valence-electron chi connectivity index (χ4n) is 3.85. The summed E-state index contributed by atoms with van der Waals surface area (Å²) in [5.41, 5.74) is 2.85. The van der Waals surface area contributed by atoms with Gasteiger partial charge >= 0.3 is 5.97 Å². The van der Waals surface area contributed by atoms with Crippen molar-refractivity contribution in [1.82, 2.24) is 0 Å². The molecule has 4 rings (SSSR count). The number of allylic oxidation sites excluding steroid dienone is 1. The van der Waals surface area contributed by atoms with E-state index < -0.39 is 11.9 Å². The molecule has 1 aliphatic carbocycles. The number of rotatable bonds is 6. The standard InChI is InChI=1S/C25H21NO7/c1-31-19-5-3-4-14(25(19)32-2)12-15-6-8-18-23(30)17-9-7-16(13-20(17)33-24(15)18)26-21(27)10-11-22(28)29/h3-5,7,9-13H,6,8H2,1-2H3,(H,26,27)(H,28,29)/b11-10+,15-12-. The van der Waals surface area contributed by atoms with Crippen molar-refractivity contribution in [3.8, 4) is 11.5 Å². The summed E-state index contributed by atoms with van der Waals surface area (Å²) in [7, 11) is 3.14. The number of methoxy groups -OCH3 is 2. The molecule has 0 saturated carbocycles. The summed E-state index contributed by atoms with van der Waals surface area (Å²) in [6.45, 7) is 0. The van der Waals surface area contributed by atoms with E-state index in [1.807, 2.05) is 18.2 Å². The molecule has 2 N–H and O–H groups in total. The molecule has 8 heteroatoms. The van der Waals surface area contributed by atoms with Crippen molar-refractivity contribution in [2.24, 2.45) is 0 Å². The van der Waals surface area contributed by atoms with Crippen molar-refractivity contribution >= 4 is 40.2 Å². The number of para-hydroxylation sites is 1. The van der Waals surface area contributed by atoms with E-state index in [1.165, 1.54) is 0 Å². The van der Waals surface area contributed by atoms with Gasteiger partial charge in [0.2, 0.25) is 5.91 Å². The quantitative estimate of drug-likeness (QED) is 0.551. The maximum Gasteiger partial charge on any atom is 0.328 e. The van der Waals surface area contributed by atoms with Crippen LogP contribution in [0.25, 0.3) is 22.6 Å². The van der Waals surface area contributed by atoms with Crippen LogP contribution in [0.2, 0.25) is 0 Å². The van der Waals surface area contributed by atoms with E-state index in [1.54, 1.807) is 38.5 Å². The van der Waals surface area contributed by atoms with E-state index >= 15 is 0 Å². The number of aliphatic carboxylic acids is 1. The van der Waals surface area contributed by atoms with Gasteiger partial charge in [0.05, 0.1) is 19.6 Å². The van der Waals surface area contributed by atoms with E-state index in [4.69, 9.17) is 19.0 Å². The molecule has 0 radical (unpaired) electrons. The molecule has 3 aromatic rings. The van der Waals surface area contributed by atoms with Crippen LogP contribution < -0.4 is 20.2 Å². The van der Waals surface area contributed by atoms with Crippen LogP contribution in [0.15, 0.2) is 57.8 Å². The van der Waals surface area contributed by atoms with Gasteiger partial charge < -0.3 is 24.3 Å². The predicted octanol–water partition coefficient (Wildman–Crippen LogP) is 3.88. The van der Waals surface area contributed by atoms with Crippen LogP contribution in [-0.2, 0) is 16.0 Å². The normalized spacial score (nSPS) is 13.9. The maximum absolute atomic E-state index is 13.1. The molecule has 0 saturated heterocycles. The molecule has 2 aromatic carbocycles. The molecular formula is C25H21NO7. The second-order valence-electron chi connectivity index (χ2n) is 7.36. The minimum atomic E-state index is -1.22. The Bertz CT molecular complexity index is 1380. The third kappa shape index (κ3) is 4.36. The Hall–Kier alpha value is -4.33. The van der Waals surface area contributed by atoms with E-state index in [2.05, 4.69) is 5.32 Å². The van der Waals surface area contributed by atoms with Crippen molar-refractivity contribution < 1.29 is 28.6 Å². The van der Waals surface area contributed by atoms with Gasteiger partial charge in [0.1, 0.15) is 11.3 Å². The number of anilines is 1. The van der Waals surface area contributed by atoms with Crippen LogP contribution in [0.5, 0.6) is 11.5 Å². The highest BCUT2D eigenvalue weighted by molar-refractivity contribution is 6.03. The van der Waals surface area contributed by atoms with Crippen LogP contribution in [-0.4, -0.2) is 31.2 Å². The first-order valence-corrected chi connectivity index (χ1v) is 10.1. The smallest absolute Gasteiger partial charge is 0.328 e. The number of amides is 1. The number of fused-ring (bicyclic) bond motifs is 2. The highest BCUT2D eigenvalue weighted by Gasteiger charge is 2.24. The Morgan fingerprint density at radius 3 is 2.64 bits per heavy atom. The topological polar surface area (TPSA) is 115 Å². The number of carbonyl (C=O) groups is 2. The zero-order valence-electron chi connectivity index (χ0n) is 18.0. The molecule has 0 atom stereocenters. The number of carboxylic acid groups (broad SMARTS) is 1. The van der Waals surface area contributed by atoms with Crippen LogP contribution in [0, 0.1) is 0 Å². The second-order valence-corrected chi connectivity index (χ2v) is 7.36. The summed E-state index contributed by atoms with van der Waals surface area (Å²) >= 11 is 0. The first kappa shape index (κ1) is 21.9. The molecular weight excluding hydrogens is 426 g/mol. The number of nitrogens with one attached hydrogen (secondary N) is 1. The summed E-state index contributed by atoms with van der Waals surface area (Å²) in [6.07, 6.45) is 4.77. The van der Waals surface area contributed by atoms with Gasteiger partial charge in [-0.05, 0) is 42.7 Å². The third-order valence-corrected chi connectivity index (χ3v) is 5.33. The lowest BCUT2D eigenvalue weighted by Crippen LogP contribution is -2.11. The van der Waals surface area contributed by atoms with Gasteiger partial charge in [0.25, 0.3) is 0 Å². The minimum absolute atomic E-state index is 0.115. The maximum atomic E-state index is 13.1. The second kappa shape index (κ2) is 9.04. The molecule has 1 amide bonds. The molecule has 1 heterocycles. The Morgan fingerprint density at radius 1 is 1.09 bits per heavy atom. The molecule has 1 aromatic heterocycles. The molecule has 8 nitrogen and oxygen atoms in total. The van der Waals surface area contributed by atoms with Gasteiger partial charge in [0, 0.05) is 35.0 Å². The minimum Gasteiger partial charge on any atom is -0.493 e. The predicted molar refractivity (Wildman–Crippen MR) is 124 cm³/mol. The number of carboxylic acids is 1. The van der Waals surface area contributed by atoms with Crippen LogP contribution >= 0.6 is 0 Å². The van der Waals surface area contributed by atoms with Crippen molar-refractivity contribution in [3.05, 3.63) is 75.7 Å². The average molecular weight is 447 g/mol. The van der Waals surface area contributed by atoms with Gasteiger partial charge in [0.15, 0.2) is 16.9 Å². The lowest BCUT2D eigenvalue weighted by molar-refractivity contribution is -0.131. The van der Waals surface area contributed by atoms with E-state index in [0.29, 0.717) is 52.3 Å². The summed E-state index contributed by atoms with van der Waals surface area (Å²) in [5.74, 6) is -0.138. The Morgan fingerprint density at radius 2 is 1.91 bits per heavy atom. The summed E-state index contributed by atoms with van der Waals surface area (Å²) in [4.78, 5) is 35.5. The lowest BCUT2D eigenvalue weighted by Gasteiger charge is -2.11. The average Bonchev–Trinajstić information content (AvgIpc) is 3.20. The van der Waals surface area contributed by atoms with Crippen LogP contribution in [0.4, 0.5) is 5.69 Å². The van der Waals surface area contributed by atoms with Gasteiger partial charge in [-0.2, -0.15) is 0 Å². The van der Waals surface area contributed by atoms with Crippen molar-refractivity contribution in [2.75, 3.05) is 19.5 Å². The van der Waals surface area contributed by atoms with E-state index in [9.17, 15) is 14.4 Å². The van der Waals surface area contributed by atoms with Crippen LogP contribution in [0.3, 0.4) is 0 Å². The van der Waals surface area contributed by atoms with E-state index in [0.717, 1.165) is 23.3 Å². The zero-order valence-corrected chi connectivity index (χ0v) is 18.0. The van der Waals surface area contributed by atoms with Crippen molar-refractivity contribution in [2.45, 2.75) is 12.8 Å². The number of hydrogen-bond donors (Lipinski definition) is 2. The highest BCUT2D eigenvalue weighted by Crippen LogP contribution is 2.38. The fraction of sp³-hybridized carbons (Fsp3) is 0.160. The Labute approximate surface area is 188 Å². The Kier molecular flexibility index (Phi) is 5.99. The van der Waals surface area contributed by atoms with E-state index in [-0.39, 0.29) is 5.43 Å². The molecule has 0 aliphatic heterocycles. The monoisotopic (exact) mass is 447 g/mol. The van der Waals surface area contributed by atoms with Crippen LogP contribution in [0.1, 0.15) is 23.3 Å². The molecule has 0 fully saturated rings. The number of carbonyl (C=O) groups excluding carboxylic acids is 1. The molecule has 0 unspecified atom stereocenters. The van der Waals surface area contributed by atoms with Crippen molar-refractivity contribution in [3.63, 3.8) is 0 Å². The summed E-state index contributed by atoms with van der Waals surface area (Å²) < 4.78 is 17.0. The Balaban J connectivity index is 1.75. The molecule has 1 aliphatic rings. The molecule has 0 spiro atoms. The fourth-order valence-corrected chi connectivity index (χ4v) is 3.85. The van der Waals surface area contributed by atoms with Gasteiger partial charge in [-0.25, -0.2) is 4.79 Å². The first-order valence-electron chi connectivity index (χ1n) is 10.1. The molecule has 0 bridgehead atoms. The number of benzene rings is 2. The number of hydrogen-bond acceptors (Lipinski definition) is 6. The van der Waals surface area contributed by atoms with Gasteiger partial charge in [-0.1, -0.05) is 12.1 Å². The molecule has 168 valence electrons. The van der Waals surface area contributed by atoms with Crippen molar-refractivity contribution in [1.29, 1.82) is 0 Å². The third-order valence-electron chi connectivity index (χ3n) is 5.33. The summed E-state index contributed by atoms with van der Waals surface area (Å²) in [6, 6.07) is 10.3.